The van der Waals surface area contributed by atoms with Gasteiger partial charge in [0.15, 0.2) is 0 Å². The average Bonchev–Trinajstić information content (AvgIpc) is 2.12. The van der Waals surface area contributed by atoms with Crippen LogP contribution in [0.25, 0.3) is 0 Å². The molecule has 0 nitrogen and oxygen atoms in total. The van der Waals surface area contributed by atoms with E-state index in [-0.39, 0.29) is 3.57 Å². The van der Waals surface area contributed by atoms with E-state index in [1.165, 1.54) is 22.6 Å². The molecule has 0 bridgehead atoms. The Balaban J connectivity index is 3.63. The van der Waals surface area contributed by atoms with Crippen LogP contribution in [0.2, 0.25) is 0 Å². The summed E-state index contributed by atoms with van der Waals surface area (Å²) in [7, 11) is 0. The van der Waals surface area contributed by atoms with Crippen molar-refractivity contribution in [1.29, 1.82) is 0 Å². The van der Waals surface area contributed by atoms with Crippen LogP contribution in [0.15, 0.2) is 12.1 Å². The predicted octanol–water partition coefficient (Wildman–Crippen LogP) is 5.07. The summed E-state index contributed by atoms with van der Waals surface area (Å²) in [6.45, 7) is 0. The second-order valence-corrected chi connectivity index (χ2v) is 4.63. The molecule has 0 saturated carbocycles. The maximum atomic E-state index is 12.6. The minimum Gasteiger partial charge on any atom is -0.166 e. The fraction of sp³-hybridized carbons (Fsp3) is 0.333. The van der Waals surface area contributed by atoms with E-state index in [1.54, 1.807) is 0 Å². The predicted molar refractivity (Wildman–Crippen MR) is 58.7 cm³/mol. The molecule has 0 aromatic heterocycles. The Morgan fingerprint density at radius 1 is 1.00 bits per heavy atom. The summed E-state index contributed by atoms with van der Waals surface area (Å²) in [5.41, 5.74) is -3.98. The molecule has 1 aromatic rings. The molecule has 1 rings (SSSR count). The van der Waals surface area contributed by atoms with Gasteiger partial charge in [-0.1, -0.05) is 0 Å². The van der Waals surface area contributed by atoms with Gasteiger partial charge in [0.05, 0.1) is 11.1 Å². The monoisotopic (exact) mass is 388 g/mol. The molecule has 8 heteroatoms. The van der Waals surface area contributed by atoms with E-state index in [2.05, 4.69) is 0 Å². The third kappa shape index (κ3) is 3.40. The summed E-state index contributed by atoms with van der Waals surface area (Å²) < 4.78 is 75.4. The summed E-state index contributed by atoms with van der Waals surface area (Å²) in [5.74, 6) is -0.630. The first kappa shape index (κ1) is 14.9. The Bertz CT molecular complexity index is 423. The topological polar surface area (TPSA) is 0 Å². The van der Waals surface area contributed by atoms with Crippen molar-refractivity contribution in [2.45, 2.75) is 18.2 Å². The fourth-order valence-electron chi connectivity index (χ4n) is 1.33. The van der Waals surface area contributed by atoms with Gasteiger partial charge in [0.25, 0.3) is 0 Å². The maximum Gasteiger partial charge on any atom is 0.417 e. The minimum absolute atomic E-state index is 0.0542. The van der Waals surface area contributed by atoms with Crippen molar-refractivity contribution in [1.82, 2.24) is 0 Å². The first-order valence-electron chi connectivity index (χ1n) is 4.10. The summed E-state index contributed by atoms with van der Waals surface area (Å²) >= 11 is 6.77. The number of benzene rings is 1. The molecule has 1 aromatic carbocycles. The van der Waals surface area contributed by atoms with Gasteiger partial charge in [-0.25, -0.2) is 0 Å². The standard InChI is InChI=1S/C9H4ClF6I/c10-3-4-1-5(17)2-6(8(11,12)13)7(4)9(14,15)16/h1-2H,3H2. The van der Waals surface area contributed by atoms with Gasteiger partial charge < -0.3 is 0 Å². The first-order valence-corrected chi connectivity index (χ1v) is 5.71. The normalized spacial score (nSPS) is 12.9. The van der Waals surface area contributed by atoms with Crippen LogP contribution in [0.4, 0.5) is 26.3 Å². The highest BCUT2D eigenvalue weighted by Crippen LogP contribution is 2.43. The van der Waals surface area contributed by atoms with Crippen molar-refractivity contribution in [3.8, 4) is 0 Å². The molecule has 0 amide bonds. The van der Waals surface area contributed by atoms with Crippen molar-refractivity contribution in [3.63, 3.8) is 0 Å². The van der Waals surface area contributed by atoms with E-state index in [9.17, 15) is 26.3 Å². The van der Waals surface area contributed by atoms with E-state index in [1.807, 2.05) is 0 Å². The third-order valence-electron chi connectivity index (χ3n) is 1.92. The molecule has 0 fully saturated rings. The highest BCUT2D eigenvalue weighted by atomic mass is 127. The third-order valence-corrected chi connectivity index (χ3v) is 2.83. The number of rotatable bonds is 1. The molecule has 96 valence electrons. The van der Waals surface area contributed by atoms with Gasteiger partial charge in [-0.2, -0.15) is 26.3 Å². The van der Waals surface area contributed by atoms with E-state index < -0.39 is 34.9 Å². The van der Waals surface area contributed by atoms with Crippen LogP contribution >= 0.6 is 34.2 Å². The second-order valence-electron chi connectivity index (χ2n) is 3.12. The van der Waals surface area contributed by atoms with Crippen molar-refractivity contribution >= 4 is 34.2 Å². The molecule has 0 heterocycles. The highest BCUT2D eigenvalue weighted by molar-refractivity contribution is 14.1. The van der Waals surface area contributed by atoms with Crippen LogP contribution in [0.5, 0.6) is 0 Å². The number of alkyl halides is 7. The number of halogens is 8. The quantitative estimate of drug-likeness (QED) is 0.358. The Morgan fingerprint density at radius 2 is 1.53 bits per heavy atom. The molecule has 0 N–H and O–H groups in total. The van der Waals surface area contributed by atoms with Gasteiger partial charge in [-0.15, -0.1) is 11.6 Å². The molecule has 0 aliphatic carbocycles. The first-order chi connectivity index (χ1) is 7.57. The molecular weight excluding hydrogens is 384 g/mol. The molecule has 0 atom stereocenters. The lowest BCUT2D eigenvalue weighted by molar-refractivity contribution is -0.162. The maximum absolute atomic E-state index is 12.6. The van der Waals surface area contributed by atoms with Crippen molar-refractivity contribution in [2.24, 2.45) is 0 Å². The largest absolute Gasteiger partial charge is 0.417 e. The van der Waals surface area contributed by atoms with Gasteiger partial charge in [-0.3, -0.25) is 0 Å². The Hall–Kier alpha value is -0.180. The van der Waals surface area contributed by atoms with Crippen LogP contribution in [-0.2, 0) is 18.2 Å². The number of hydrogen-bond donors (Lipinski definition) is 0. The van der Waals surface area contributed by atoms with Gasteiger partial charge >= 0.3 is 12.4 Å². The van der Waals surface area contributed by atoms with Crippen LogP contribution in [0.3, 0.4) is 0 Å². The van der Waals surface area contributed by atoms with Gasteiger partial charge in [0.1, 0.15) is 0 Å². The van der Waals surface area contributed by atoms with Crippen LogP contribution in [0.1, 0.15) is 16.7 Å². The smallest absolute Gasteiger partial charge is 0.166 e. The van der Waals surface area contributed by atoms with E-state index in [4.69, 9.17) is 11.6 Å². The molecule has 0 spiro atoms. The zero-order chi connectivity index (χ0) is 13.4. The Labute approximate surface area is 111 Å². The second kappa shape index (κ2) is 4.83. The molecular formula is C9H4ClF6I. The van der Waals surface area contributed by atoms with Crippen molar-refractivity contribution in [3.05, 3.63) is 32.4 Å². The minimum atomic E-state index is -5.08. The molecule has 0 radical (unpaired) electrons. The fourth-order valence-corrected chi connectivity index (χ4v) is 2.23. The Morgan fingerprint density at radius 3 is 1.88 bits per heavy atom. The van der Waals surface area contributed by atoms with Gasteiger partial charge in [-0.05, 0) is 40.3 Å². The van der Waals surface area contributed by atoms with E-state index in [0.717, 1.165) is 6.07 Å². The lowest BCUT2D eigenvalue weighted by Crippen LogP contribution is -2.19. The SMILES string of the molecule is FC(F)(F)c1cc(I)cc(CCl)c1C(F)(F)F. The van der Waals surface area contributed by atoms with E-state index in [0.29, 0.717) is 6.07 Å². The van der Waals surface area contributed by atoms with Crippen molar-refractivity contribution in [2.75, 3.05) is 0 Å². The molecule has 0 aliphatic heterocycles. The van der Waals surface area contributed by atoms with Gasteiger partial charge in [0, 0.05) is 9.45 Å². The summed E-state index contributed by atoms with van der Waals surface area (Å²) in [5, 5.41) is 0. The molecule has 0 unspecified atom stereocenters. The zero-order valence-electron chi connectivity index (χ0n) is 7.89. The highest BCUT2D eigenvalue weighted by Gasteiger charge is 2.44. The summed E-state index contributed by atoms with van der Waals surface area (Å²) in [6, 6.07) is 1.45. The summed E-state index contributed by atoms with van der Waals surface area (Å²) in [6.07, 6.45) is -10.1. The van der Waals surface area contributed by atoms with Crippen LogP contribution in [-0.4, -0.2) is 0 Å². The molecule has 0 aliphatic rings. The molecule has 0 saturated heterocycles. The Kier molecular flexibility index (Phi) is 4.23. The van der Waals surface area contributed by atoms with E-state index >= 15 is 0 Å². The lowest BCUT2D eigenvalue weighted by atomic mass is 10.0. The van der Waals surface area contributed by atoms with Crippen LogP contribution in [0, 0.1) is 3.57 Å². The lowest BCUT2D eigenvalue weighted by Gasteiger charge is -2.18. The number of hydrogen-bond acceptors (Lipinski definition) is 0. The zero-order valence-corrected chi connectivity index (χ0v) is 10.8. The molecule has 17 heavy (non-hydrogen) atoms. The average molecular weight is 388 g/mol. The van der Waals surface area contributed by atoms with Crippen LogP contribution < -0.4 is 0 Å². The summed E-state index contributed by atoms with van der Waals surface area (Å²) in [4.78, 5) is 0. The van der Waals surface area contributed by atoms with Crippen molar-refractivity contribution < 1.29 is 26.3 Å². The van der Waals surface area contributed by atoms with Gasteiger partial charge in [0.2, 0.25) is 0 Å².